The zero-order chi connectivity index (χ0) is 96.4. The van der Waals surface area contributed by atoms with Gasteiger partial charge in [0.1, 0.15) is 120 Å². The first-order chi connectivity index (χ1) is 64.3. The van der Waals surface area contributed by atoms with Crippen LogP contribution in [0.4, 0.5) is 0 Å². The van der Waals surface area contributed by atoms with Crippen molar-refractivity contribution in [1.29, 1.82) is 0 Å². The van der Waals surface area contributed by atoms with Crippen molar-refractivity contribution < 1.29 is 82.4 Å². The molecule has 135 heavy (non-hydrogen) atoms. The average Bonchev–Trinajstić information content (AvgIpc) is 1.74. The summed E-state index contributed by atoms with van der Waals surface area (Å²) in [6.07, 6.45) is 6.41. The Balaban J connectivity index is 0.000000137. The van der Waals surface area contributed by atoms with Crippen LogP contribution in [0.2, 0.25) is 0 Å². The molecule has 30 nitrogen and oxygen atoms in total. The highest BCUT2D eigenvalue weighted by Gasteiger charge is 2.37. The highest BCUT2D eigenvalue weighted by Crippen LogP contribution is 2.31. The Bertz CT molecular complexity index is 6570. The van der Waals surface area contributed by atoms with E-state index in [2.05, 4.69) is 59.8 Å². The zero-order valence-corrected chi connectivity index (χ0v) is 83.8. The summed E-state index contributed by atoms with van der Waals surface area (Å²) in [5.41, 5.74) is 14.8. The third-order valence-corrected chi connectivity index (χ3v) is 32.3. The lowest BCUT2D eigenvalue weighted by atomic mass is 10.1. The molecule has 12 aromatic heterocycles. The number of carbonyl (C=O) groups excluding carboxylic acids is 6. The van der Waals surface area contributed by atoms with Gasteiger partial charge in [0.15, 0.2) is 54.4 Å². The molecule has 0 radical (unpaired) electrons. The summed E-state index contributed by atoms with van der Waals surface area (Å²) >= 11 is 8.17. The highest BCUT2D eigenvalue weighted by molar-refractivity contribution is 8.01. The molecule has 708 valence electrons. The molecule has 0 spiro atoms. The lowest BCUT2D eigenvalue weighted by molar-refractivity contribution is 0.0978. The summed E-state index contributed by atoms with van der Waals surface area (Å²) < 4.78 is 101. The summed E-state index contributed by atoms with van der Waals surface area (Å²) in [4.78, 5) is 126. The number of aryl methyl sites for hydroxylation is 12. The molecular weight excluding hydrogens is 1900 g/mol. The van der Waals surface area contributed by atoms with Crippen LogP contribution in [0.1, 0.15) is 163 Å². The van der Waals surface area contributed by atoms with E-state index in [1.807, 2.05) is 157 Å². The van der Waals surface area contributed by atoms with Crippen molar-refractivity contribution in [3.8, 4) is 34.5 Å². The van der Waals surface area contributed by atoms with Crippen molar-refractivity contribution in [2.24, 2.45) is 0 Å². The second-order valence-electron chi connectivity index (χ2n) is 33.4. The maximum absolute atomic E-state index is 12.4. The zero-order valence-electron chi connectivity index (χ0n) is 76.4. The summed E-state index contributed by atoms with van der Waals surface area (Å²) in [6.45, 7) is 22.5. The van der Waals surface area contributed by atoms with Crippen molar-refractivity contribution in [1.82, 2.24) is 59.8 Å². The topological polar surface area (TPSA) is 415 Å². The average molecular weight is 2000 g/mol. The standard InChI is InChI=1S/C17H18N2O4S.C17H18N2O3S.C17H18N2O2S.C15H16N2O4S2.C15H16N2O3S2.C15H16N2O2S2/c1-11-3-4-13(18-8-11)6-17(20)16-7-14(5-12(2)19-16)23-15-9-24(21,22)10-15;1-11-3-4-13(18-8-11)6-17(20)16-7-14(5-12(2)19-16)22-15-9-23(21)10-15;1-11-3-4-13(18-8-11)6-17(20)16-7-14(5-12(2)19-16)21-15-9-22-10-15;1-9-3-11(21-12-7-23(19,20)8-12)4-13(16-9)14(18)5-15-17-10(2)6-22-15;1-9-3-11(20-12-7-22(19)8-12)4-13(16-9)14(18)5-15-17-10(2)6-21-15;1-9-3-11(19-12-7-20-8-12)4-13(16-9)14(18)5-15-17-10(2)6-21-15/h3-5,7-8,15H,6,9-10H2,1-2H3;3-5,7-8,15H,6,9-10H2,1-2H3;3-5,7-8,15H,6,9-10H2,1-2H3;3-4,6,12H,5,7-8H2,1-2H3;3-4,6,12H,5,7-8H2,1-2H3;3-4,6,12H,5,7-8H2,1-2H3. The number of thiazole rings is 3. The van der Waals surface area contributed by atoms with E-state index in [9.17, 15) is 54.0 Å². The number of rotatable bonds is 30. The smallest absolute Gasteiger partial charge is 0.188 e. The maximum Gasteiger partial charge on any atom is 0.188 e. The Hall–Kier alpha value is -11.0. The molecule has 0 unspecified atom stereocenters. The molecule has 0 atom stereocenters. The molecule has 6 fully saturated rings. The van der Waals surface area contributed by atoms with Crippen LogP contribution in [0.25, 0.3) is 0 Å². The summed E-state index contributed by atoms with van der Waals surface area (Å²) in [7, 11) is -7.40. The maximum atomic E-state index is 12.4. The number of pyridine rings is 9. The van der Waals surface area contributed by atoms with Crippen molar-refractivity contribution in [2.75, 3.05) is 69.0 Å². The minimum Gasteiger partial charge on any atom is -0.489 e. The van der Waals surface area contributed by atoms with Crippen LogP contribution in [0.5, 0.6) is 34.5 Å². The van der Waals surface area contributed by atoms with Crippen molar-refractivity contribution in [3.63, 3.8) is 0 Å². The molecule has 0 aliphatic carbocycles. The Morgan fingerprint density at radius 1 is 0.296 bits per heavy atom. The molecule has 0 aromatic carbocycles. The SMILES string of the molecule is Cc1cc(OC2CS(=O)(=O)C2)cc(C(=O)Cc2nc(C)cs2)n1.Cc1cc(OC2CS(=O)C2)cc(C(=O)Cc2nc(C)cs2)n1.Cc1cc(OC2CSC2)cc(C(=O)Cc2nc(C)cs2)n1.Cc1ccc(CC(=O)c2cc(OC3CS(=O)(=O)C3)cc(C)n2)nc1.Cc1ccc(CC(=O)c2cc(OC3CS(=O)C3)cc(C)n2)nc1.Cc1ccc(CC(=O)c2cc(OC3CSC3)cc(C)n2)nc1. The van der Waals surface area contributed by atoms with Crippen LogP contribution in [-0.2, 0) is 79.8 Å². The van der Waals surface area contributed by atoms with E-state index in [0.717, 1.165) is 117 Å². The number of nitrogens with zero attached hydrogens (tertiary/aromatic N) is 12. The molecule has 6 aliphatic rings. The fourth-order valence-corrected chi connectivity index (χ4v) is 21.1. The second kappa shape index (κ2) is 46.7. The summed E-state index contributed by atoms with van der Waals surface area (Å²) in [5, 5.41) is 8.16. The van der Waals surface area contributed by atoms with E-state index in [4.69, 9.17) is 28.4 Å². The van der Waals surface area contributed by atoms with Crippen molar-refractivity contribution in [3.05, 3.63) is 278 Å². The molecule has 0 bridgehead atoms. The van der Waals surface area contributed by atoms with Crippen LogP contribution in [0.3, 0.4) is 0 Å². The van der Waals surface area contributed by atoms with Gasteiger partial charge in [0.25, 0.3) is 0 Å². The number of ether oxygens (including phenoxy) is 6. The minimum atomic E-state index is -2.95. The lowest BCUT2D eigenvalue weighted by Gasteiger charge is -2.26. The monoisotopic (exact) mass is 2000 g/mol. The Morgan fingerprint density at radius 2 is 0.519 bits per heavy atom. The first-order valence-electron chi connectivity index (χ1n) is 43.2. The molecule has 6 saturated heterocycles. The molecule has 0 saturated carbocycles. The van der Waals surface area contributed by atoms with Crippen LogP contribution < -0.4 is 28.4 Å². The van der Waals surface area contributed by atoms with Gasteiger partial charge in [-0.1, -0.05) is 18.2 Å². The van der Waals surface area contributed by atoms with Crippen LogP contribution >= 0.6 is 57.5 Å². The van der Waals surface area contributed by atoms with Gasteiger partial charge in [0.05, 0.1) is 84.5 Å². The van der Waals surface area contributed by atoms with Gasteiger partial charge in [-0.3, -0.25) is 52.1 Å². The lowest BCUT2D eigenvalue weighted by Crippen LogP contribution is -2.45. The van der Waals surface area contributed by atoms with E-state index in [1.54, 1.807) is 93.1 Å². The number of aromatic nitrogens is 12. The van der Waals surface area contributed by atoms with E-state index in [-0.39, 0.29) is 126 Å². The third-order valence-electron chi connectivity index (χ3n) is 20.4. The van der Waals surface area contributed by atoms with Crippen LogP contribution in [0, 0.1) is 83.1 Å². The van der Waals surface area contributed by atoms with Gasteiger partial charge in [-0.2, -0.15) is 23.5 Å². The van der Waals surface area contributed by atoms with E-state index >= 15 is 0 Å². The molecule has 0 N–H and O–H groups in total. The Morgan fingerprint density at radius 3 is 0.704 bits per heavy atom. The molecule has 6 aliphatic heterocycles. The molecule has 12 aromatic rings. The highest BCUT2D eigenvalue weighted by atomic mass is 32.2. The first kappa shape index (κ1) is 101. The number of hydrogen-bond acceptors (Lipinski definition) is 35. The van der Waals surface area contributed by atoms with E-state index in [0.29, 0.717) is 104 Å². The van der Waals surface area contributed by atoms with Gasteiger partial charge in [-0.15, -0.1) is 34.0 Å². The summed E-state index contributed by atoms with van der Waals surface area (Å²) in [6, 6.07) is 32.1. The fraction of sp³-hybridized carbons (Fsp3) is 0.375. The number of Topliss-reactive ketones (excluding diaryl/α,β-unsaturated/α-hetero) is 6. The third kappa shape index (κ3) is 31.8. The Kier molecular flexibility index (Phi) is 35.1. The van der Waals surface area contributed by atoms with Crippen LogP contribution in [0.15, 0.2) is 144 Å². The number of sulfone groups is 2. The quantitative estimate of drug-likeness (QED) is 0.0377. The summed E-state index contributed by atoms with van der Waals surface area (Å²) in [5.74, 6) is 9.54. The molecule has 39 heteroatoms. The fourth-order valence-electron chi connectivity index (χ4n) is 13.6. The van der Waals surface area contributed by atoms with E-state index in [1.165, 1.54) is 34.0 Å². The normalized spacial score (nSPS) is 17.2. The van der Waals surface area contributed by atoms with Gasteiger partial charge in [-0.25, -0.2) is 61.7 Å². The number of carbonyl (C=O) groups is 6. The molecule has 18 rings (SSSR count). The van der Waals surface area contributed by atoms with Crippen LogP contribution in [-0.4, -0.2) is 225 Å². The first-order valence-corrected chi connectivity index (χ1v) is 54.7. The number of hydrogen-bond donors (Lipinski definition) is 0. The largest absolute Gasteiger partial charge is 0.489 e. The van der Waals surface area contributed by atoms with Gasteiger partial charge in [0.2, 0.25) is 0 Å². The van der Waals surface area contributed by atoms with Gasteiger partial charge in [0, 0.05) is 220 Å². The second-order valence-corrected chi connectivity index (χ2v) is 45.8. The van der Waals surface area contributed by atoms with Gasteiger partial charge >= 0.3 is 0 Å². The predicted molar refractivity (Wildman–Crippen MR) is 524 cm³/mol. The number of thioether (sulfide) groups is 2. The Labute approximate surface area is 809 Å². The minimum absolute atomic E-state index is 0.0131. The molecule has 0 amide bonds. The van der Waals surface area contributed by atoms with Gasteiger partial charge < -0.3 is 28.4 Å². The number of ketones is 6. The van der Waals surface area contributed by atoms with Crippen molar-refractivity contribution >= 4 is 134 Å². The predicted octanol–water partition coefficient (Wildman–Crippen LogP) is 13.7. The molecular formula is C96H102N12O18S9. The van der Waals surface area contributed by atoms with Gasteiger partial charge in [-0.05, 0) is 118 Å². The molecule has 18 heterocycles. The van der Waals surface area contributed by atoms with E-state index < -0.39 is 41.3 Å². The van der Waals surface area contributed by atoms with Crippen molar-refractivity contribution in [2.45, 2.75) is 158 Å².